The summed E-state index contributed by atoms with van der Waals surface area (Å²) in [5, 5.41) is 3.22. The zero-order valence-electron chi connectivity index (χ0n) is 11.6. The third-order valence-electron chi connectivity index (χ3n) is 3.34. The van der Waals surface area contributed by atoms with Crippen molar-refractivity contribution in [2.45, 2.75) is 25.9 Å². The van der Waals surface area contributed by atoms with Crippen molar-refractivity contribution in [1.29, 1.82) is 0 Å². The van der Waals surface area contributed by atoms with E-state index in [-0.39, 0.29) is 12.4 Å². The van der Waals surface area contributed by atoms with Gasteiger partial charge in [-0.2, -0.15) is 17.0 Å². The zero-order chi connectivity index (χ0) is 13.2. The number of nitrogens with zero attached hydrogens (tertiary/aromatic N) is 2. The fourth-order valence-corrected chi connectivity index (χ4v) is 4.17. The van der Waals surface area contributed by atoms with Gasteiger partial charge in [-0.25, -0.2) is 0 Å². The standard InChI is InChI=1S/C11H23N3O3S.ClH/c1-11(2)10-14(8-9-17-11)18(15,16)13-6-3-4-12-5-7-13;/h12H,3-10H2,1-2H3;1H. The molecule has 0 atom stereocenters. The number of halogens is 1. The Morgan fingerprint density at radius 2 is 1.84 bits per heavy atom. The van der Waals surface area contributed by atoms with Gasteiger partial charge < -0.3 is 10.1 Å². The predicted molar refractivity (Wildman–Crippen MR) is 76.8 cm³/mol. The number of hydrogen-bond acceptors (Lipinski definition) is 4. The summed E-state index contributed by atoms with van der Waals surface area (Å²) < 4.78 is 33.8. The Kier molecular flexibility index (Phi) is 6.03. The minimum absolute atomic E-state index is 0. The van der Waals surface area contributed by atoms with Crippen molar-refractivity contribution < 1.29 is 13.2 Å². The van der Waals surface area contributed by atoms with Gasteiger partial charge in [0.1, 0.15) is 0 Å². The molecule has 8 heteroatoms. The van der Waals surface area contributed by atoms with E-state index in [9.17, 15) is 8.42 Å². The van der Waals surface area contributed by atoms with Crippen LogP contribution in [-0.2, 0) is 14.9 Å². The first-order valence-electron chi connectivity index (χ1n) is 6.52. The quantitative estimate of drug-likeness (QED) is 0.783. The largest absolute Gasteiger partial charge is 0.373 e. The number of morpholine rings is 1. The van der Waals surface area contributed by atoms with Gasteiger partial charge in [0.05, 0.1) is 12.2 Å². The molecule has 2 saturated heterocycles. The minimum Gasteiger partial charge on any atom is -0.373 e. The maximum atomic E-state index is 12.5. The molecule has 0 saturated carbocycles. The molecular weight excluding hydrogens is 290 g/mol. The van der Waals surface area contributed by atoms with Gasteiger partial charge in [-0.1, -0.05) is 0 Å². The summed E-state index contributed by atoms with van der Waals surface area (Å²) in [5.74, 6) is 0. The number of rotatable bonds is 2. The molecule has 0 spiro atoms. The molecule has 0 amide bonds. The summed E-state index contributed by atoms with van der Waals surface area (Å²) in [7, 11) is -3.33. The van der Waals surface area contributed by atoms with E-state index < -0.39 is 15.8 Å². The van der Waals surface area contributed by atoms with E-state index in [1.165, 1.54) is 0 Å². The molecule has 0 aromatic carbocycles. The van der Waals surface area contributed by atoms with Crippen LogP contribution in [0.4, 0.5) is 0 Å². The Balaban J connectivity index is 0.00000180. The van der Waals surface area contributed by atoms with Crippen LogP contribution in [-0.4, -0.2) is 68.5 Å². The fourth-order valence-electron chi connectivity index (χ4n) is 2.39. The van der Waals surface area contributed by atoms with Crippen LogP contribution >= 0.6 is 12.4 Å². The summed E-state index contributed by atoms with van der Waals surface area (Å²) in [6.07, 6.45) is 0.868. The Labute approximate surface area is 122 Å². The Hall–Kier alpha value is 0.0800. The highest BCUT2D eigenvalue weighted by Gasteiger charge is 2.37. The van der Waals surface area contributed by atoms with Gasteiger partial charge in [0.2, 0.25) is 0 Å². The fraction of sp³-hybridized carbons (Fsp3) is 1.00. The molecule has 2 aliphatic heterocycles. The molecule has 0 radical (unpaired) electrons. The molecule has 1 N–H and O–H groups in total. The average Bonchev–Trinajstić information content (AvgIpc) is 2.56. The molecule has 0 aliphatic carbocycles. The van der Waals surface area contributed by atoms with Crippen LogP contribution in [0, 0.1) is 0 Å². The average molecular weight is 314 g/mol. The van der Waals surface area contributed by atoms with Gasteiger partial charge in [0.25, 0.3) is 10.2 Å². The van der Waals surface area contributed by atoms with Gasteiger partial charge in [-0.15, -0.1) is 12.4 Å². The molecule has 2 rings (SSSR count). The van der Waals surface area contributed by atoms with Crippen molar-refractivity contribution >= 4 is 22.6 Å². The second kappa shape index (κ2) is 6.69. The molecule has 0 aromatic heterocycles. The molecular formula is C11H24ClN3O3S. The first kappa shape index (κ1) is 17.1. The summed E-state index contributed by atoms with van der Waals surface area (Å²) in [4.78, 5) is 0. The lowest BCUT2D eigenvalue weighted by Gasteiger charge is -2.39. The van der Waals surface area contributed by atoms with E-state index >= 15 is 0 Å². The van der Waals surface area contributed by atoms with Crippen LogP contribution < -0.4 is 5.32 Å². The molecule has 114 valence electrons. The molecule has 0 bridgehead atoms. The van der Waals surface area contributed by atoms with E-state index in [1.807, 2.05) is 13.8 Å². The van der Waals surface area contributed by atoms with Crippen molar-refractivity contribution in [1.82, 2.24) is 13.9 Å². The van der Waals surface area contributed by atoms with Crippen molar-refractivity contribution in [2.75, 3.05) is 45.9 Å². The first-order valence-corrected chi connectivity index (χ1v) is 7.91. The second-order valence-corrected chi connectivity index (χ2v) is 7.38. The molecule has 0 unspecified atom stereocenters. The van der Waals surface area contributed by atoms with Crippen molar-refractivity contribution in [3.8, 4) is 0 Å². The summed E-state index contributed by atoms with van der Waals surface area (Å²) in [6, 6.07) is 0. The Bertz CT molecular complexity index is 381. The third kappa shape index (κ3) is 4.27. The third-order valence-corrected chi connectivity index (χ3v) is 5.32. The zero-order valence-corrected chi connectivity index (χ0v) is 13.2. The van der Waals surface area contributed by atoms with E-state index in [0.29, 0.717) is 32.8 Å². The molecule has 2 heterocycles. The number of ether oxygens (including phenoxy) is 1. The normalized spacial score (nSPS) is 26.4. The lowest BCUT2D eigenvalue weighted by Crippen LogP contribution is -2.55. The van der Waals surface area contributed by atoms with Crippen LogP contribution in [0.15, 0.2) is 0 Å². The van der Waals surface area contributed by atoms with Gasteiger partial charge in [0, 0.05) is 32.7 Å². The van der Waals surface area contributed by atoms with Crippen LogP contribution in [0.25, 0.3) is 0 Å². The Morgan fingerprint density at radius 3 is 2.53 bits per heavy atom. The smallest absolute Gasteiger partial charge is 0.282 e. The highest BCUT2D eigenvalue weighted by Crippen LogP contribution is 2.21. The van der Waals surface area contributed by atoms with Crippen molar-refractivity contribution in [3.05, 3.63) is 0 Å². The highest BCUT2D eigenvalue weighted by molar-refractivity contribution is 7.86. The van der Waals surface area contributed by atoms with E-state index in [2.05, 4.69) is 5.32 Å². The van der Waals surface area contributed by atoms with E-state index in [4.69, 9.17) is 4.74 Å². The van der Waals surface area contributed by atoms with E-state index in [0.717, 1.165) is 19.5 Å². The molecule has 0 aromatic rings. The van der Waals surface area contributed by atoms with Gasteiger partial charge in [-0.05, 0) is 26.8 Å². The monoisotopic (exact) mass is 313 g/mol. The lowest BCUT2D eigenvalue weighted by molar-refractivity contribution is -0.0652. The van der Waals surface area contributed by atoms with Crippen LogP contribution in [0.1, 0.15) is 20.3 Å². The first-order chi connectivity index (χ1) is 8.42. The van der Waals surface area contributed by atoms with Gasteiger partial charge in [0.15, 0.2) is 0 Å². The number of hydrogen-bond donors (Lipinski definition) is 1. The molecule has 6 nitrogen and oxygen atoms in total. The summed E-state index contributed by atoms with van der Waals surface area (Å²) in [5.41, 5.74) is -0.393. The minimum atomic E-state index is -3.33. The van der Waals surface area contributed by atoms with Gasteiger partial charge >= 0.3 is 0 Å². The maximum absolute atomic E-state index is 12.5. The van der Waals surface area contributed by atoms with Crippen molar-refractivity contribution in [3.63, 3.8) is 0 Å². The topological polar surface area (TPSA) is 61.9 Å². The predicted octanol–water partition coefficient (Wildman–Crippen LogP) is 0.0591. The molecule has 2 fully saturated rings. The number of nitrogens with one attached hydrogen (secondary N) is 1. The van der Waals surface area contributed by atoms with Crippen LogP contribution in [0.2, 0.25) is 0 Å². The maximum Gasteiger partial charge on any atom is 0.282 e. The summed E-state index contributed by atoms with van der Waals surface area (Å²) in [6.45, 7) is 7.99. The Morgan fingerprint density at radius 1 is 1.11 bits per heavy atom. The lowest BCUT2D eigenvalue weighted by atomic mass is 10.1. The highest BCUT2D eigenvalue weighted by atomic mass is 35.5. The van der Waals surface area contributed by atoms with Crippen molar-refractivity contribution in [2.24, 2.45) is 0 Å². The SMILES string of the molecule is CC1(C)CN(S(=O)(=O)N2CCCNCC2)CCO1.Cl. The molecule has 19 heavy (non-hydrogen) atoms. The second-order valence-electron chi connectivity index (χ2n) is 5.45. The van der Waals surface area contributed by atoms with Gasteiger partial charge in [-0.3, -0.25) is 0 Å². The summed E-state index contributed by atoms with van der Waals surface area (Å²) >= 11 is 0. The van der Waals surface area contributed by atoms with Crippen LogP contribution in [0.3, 0.4) is 0 Å². The van der Waals surface area contributed by atoms with Crippen LogP contribution in [0.5, 0.6) is 0 Å². The van der Waals surface area contributed by atoms with E-state index in [1.54, 1.807) is 8.61 Å². The molecule has 2 aliphatic rings.